The van der Waals surface area contributed by atoms with Gasteiger partial charge < -0.3 is 5.32 Å². The molecule has 1 amide bonds. The molecule has 0 unspecified atom stereocenters. The number of aromatic amines is 1. The van der Waals surface area contributed by atoms with Gasteiger partial charge in [-0.1, -0.05) is 99.7 Å². The number of rotatable bonds is 10. The fourth-order valence-corrected chi connectivity index (χ4v) is 3.55. The number of carbonyl (C=O) groups is 1. The first-order valence-corrected chi connectivity index (χ1v) is 10.7. The van der Waals surface area contributed by atoms with Crippen molar-refractivity contribution in [3.8, 4) is 22.4 Å². The summed E-state index contributed by atoms with van der Waals surface area (Å²) < 4.78 is 0. The fraction of sp³-hybridized carbons (Fsp3) is 0.320. The Labute approximate surface area is 177 Å². The van der Waals surface area contributed by atoms with Gasteiger partial charge in [-0.3, -0.25) is 9.59 Å². The number of hydrogen-bond acceptors (Lipinski definition) is 3. The van der Waals surface area contributed by atoms with Crippen molar-refractivity contribution in [1.82, 2.24) is 15.5 Å². The molecular formula is C25H29N3O2. The average Bonchev–Trinajstić information content (AvgIpc) is 2.79. The molecule has 2 aromatic carbocycles. The van der Waals surface area contributed by atoms with Crippen LogP contribution in [0.4, 0.5) is 0 Å². The van der Waals surface area contributed by atoms with Gasteiger partial charge in [-0.25, -0.2) is 5.10 Å². The summed E-state index contributed by atoms with van der Waals surface area (Å²) in [6.07, 6.45) is 6.85. The van der Waals surface area contributed by atoms with Crippen LogP contribution in [-0.4, -0.2) is 22.6 Å². The van der Waals surface area contributed by atoms with E-state index in [1.807, 2.05) is 60.7 Å². The van der Waals surface area contributed by atoms with Crippen molar-refractivity contribution < 1.29 is 4.79 Å². The Hall–Kier alpha value is -3.21. The second kappa shape index (κ2) is 11.1. The zero-order chi connectivity index (χ0) is 21.2. The van der Waals surface area contributed by atoms with Crippen LogP contribution in [0.2, 0.25) is 0 Å². The fourth-order valence-electron chi connectivity index (χ4n) is 3.55. The monoisotopic (exact) mass is 403 g/mol. The van der Waals surface area contributed by atoms with Crippen molar-refractivity contribution in [2.24, 2.45) is 0 Å². The predicted octanol–water partition coefficient (Wildman–Crippen LogP) is 5.19. The Morgan fingerprint density at radius 2 is 1.47 bits per heavy atom. The number of aromatic nitrogens is 2. The van der Waals surface area contributed by atoms with E-state index in [1.165, 1.54) is 25.7 Å². The van der Waals surface area contributed by atoms with E-state index < -0.39 is 5.56 Å². The van der Waals surface area contributed by atoms with Gasteiger partial charge in [0, 0.05) is 17.7 Å². The summed E-state index contributed by atoms with van der Waals surface area (Å²) in [4.78, 5) is 25.7. The SMILES string of the molecule is CCCCCCCCNC(=O)c1c(-c2ccccc2)c(-c2ccccc2)n[nH]c1=O. The second-order valence-electron chi connectivity index (χ2n) is 7.41. The minimum absolute atomic E-state index is 0.112. The molecular weight excluding hydrogens is 374 g/mol. The first-order chi connectivity index (χ1) is 14.7. The van der Waals surface area contributed by atoms with E-state index in [9.17, 15) is 9.59 Å². The Morgan fingerprint density at radius 3 is 2.13 bits per heavy atom. The number of unbranched alkanes of at least 4 members (excludes halogenated alkanes) is 5. The van der Waals surface area contributed by atoms with Gasteiger partial charge in [0.1, 0.15) is 5.56 Å². The molecule has 3 rings (SSSR count). The van der Waals surface area contributed by atoms with Gasteiger partial charge in [-0.05, 0) is 12.0 Å². The summed E-state index contributed by atoms with van der Waals surface area (Å²) >= 11 is 0. The number of amides is 1. The Bertz CT molecular complexity index is 998. The molecule has 2 N–H and O–H groups in total. The van der Waals surface area contributed by atoms with Crippen molar-refractivity contribution in [1.29, 1.82) is 0 Å². The molecule has 1 aromatic heterocycles. The quantitative estimate of drug-likeness (QED) is 0.457. The minimum Gasteiger partial charge on any atom is -0.352 e. The molecule has 0 spiro atoms. The average molecular weight is 404 g/mol. The van der Waals surface area contributed by atoms with Gasteiger partial charge in [-0.15, -0.1) is 0 Å². The molecule has 0 radical (unpaired) electrons. The van der Waals surface area contributed by atoms with Crippen molar-refractivity contribution in [2.75, 3.05) is 6.54 Å². The summed E-state index contributed by atoms with van der Waals surface area (Å²) in [5, 5.41) is 9.74. The number of hydrogen-bond donors (Lipinski definition) is 2. The van der Waals surface area contributed by atoms with Crippen molar-refractivity contribution in [3.05, 3.63) is 76.6 Å². The van der Waals surface area contributed by atoms with E-state index in [0.29, 0.717) is 17.8 Å². The zero-order valence-corrected chi connectivity index (χ0v) is 17.5. The summed E-state index contributed by atoms with van der Waals surface area (Å²) in [6.45, 7) is 2.75. The van der Waals surface area contributed by atoms with Gasteiger partial charge in [0.25, 0.3) is 11.5 Å². The molecule has 0 atom stereocenters. The van der Waals surface area contributed by atoms with Gasteiger partial charge in [0.15, 0.2) is 0 Å². The molecule has 156 valence electrons. The van der Waals surface area contributed by atoms with Crippen LogP contribution in [0.3, 0.4) is 0 Å². The van der Waals surface area contributed by atoms with Crippen molar-refractivity contribution in [3.63, 3.8) is 0 Å². The van der Waals surface area contributed by atoms with E-state index >= 15 is 0 Å². The summed E-state index contributed by atoms with van der Waals surface area (Å²) in [5.74, 6) is -0.358. The lowest BCUT2D eigenvalue weighted by Crippen LogP contribution is -2.32. The summed E-state index contributed by atoms with van der Waals surface area (Å²) in [5.41, 5.74) is 2.42. The number of benzene rings is 2. The highest BCUT2D eigenvalue weighted by atomic mass is 16.2. The third-order valence-electron chi connectivity index (χ3n) is 5.14. The Kier molecular flexibility index (Phi) is 7.95. The number of carbonyl (C=O) groups excluding carboxylic acids is 1. The molecule has 0 saturated carbocycles. The first-order valence-electron chi connectivity index (χ1n) is 10.7. The lowest BCUT2D eigenvalue weighted by atomic mass is 9.95. The van der Waals surface area contributed by atoms with Gasteiger partial charge in [0.2, 0.25) is 0 Å². The van der Waals surface area contributed by atoms with E-state index in [2.05, 4.69) is 22.4 Å². The minimum atomic E-state index is -0.478. The van der Waals surface area contributed by atoms with Crippen LogP contribution in [0, 0.1) is 0 Å². The number of nitrogens with one attached hydrogen (secondary N) is 2. The van der Waals surface area contributed by atoms with Gasteiger partial charge in [-0.2, -0.15) is 5.10 Å². The molecule has 5 heteroatoms. The van der Waals surface area contributed by atoms with Crippen LogP contribution in [0.5, 0.6) is 0 Å². The van der Waals surface area contributed by atoms with Crippen LogP contribution in [0.25, 0.3) is 22.4 Å². The Morgan fingerprint density at radius 1 is 0.867 bits per heavy atom. The molecule has 5 nitrogen and oxygen atoms in total. The molecule has 0 aliphatic carbocycles. The maximum atomic E-state index is 13.0. The van der Waals surface area contributed by atoms with Crippen molar-refractivity contribution in [2.45, 2.75) is 45.4 Å². The molecule has 0 fully saturated rings. The normalized spacial score (nSPS) is 10.7. The van der Waals surface area contributed by atoms with Crippen LogP contribution in [0.15, 0.2) is 65.5 Å². The molecule has 0 aliphatic heterocycles. The highest BCUT2D eigenvalue weighted by Crippen LogP contribution is 2.31. The molecule has 3 aromatic rings. The summed E-state index contributed by atoms with van der Waals surface area (Å²) in [7, 11) is 0. The molecule has 0 saturated heterocycles. The standard InChI is InChI=1S/C25H29N3O2/c1-2-3-4-5-6-13-18-26-24(29)22-21(19-14-9-7-10-15-19)23(27-28-25(22)30)20-16-11-8-12-17-20/h7-12,14-17H,2-6,13,18H2,1H3,(H,26,29)(H,28,30). The van der Waals surface area contributed by atoms with Gasteiger partial charge in [0.05, 0.1) is 5.69 Å². The topological polar surface area (TPSA) is 74.8 Å². The zero-order valence-electron chi connectivity index (χ0n) is 17.5. The first kappa shape index (κ1) is 21.5. The Balaban J connectivity index is 1.88. The molecule has 0 bridgehead atoms. The smallest absolute Gasteiger partial charge is 0.277 e. The second-order valence-corrected chi connectivity index (χ2v) is 7.41. The third-order valence-corrected chi connectivity index (χ3v) is 5.14. The molecule has 1 heterocycles. The summed E-state index contributed by atoms with van der Waals surface area (Å²) in [6, 6.07) is 19.1. The van der Waals surface area contributed by atoms with Crippen molar-refractivity contribution >= 4 is 5.91 Å². The van der Waals surface area contributed by atoms with Crippen LogP contribution in [0.1, 0.15) is 55.8 Å². The lowest BCUT2D eigenvalue weighted by Gasteiger charge is -2.14. The van der Waals surface area contributed by atoms with Crippen LogP contribution < -0.4 is 10.9 Å². The van der Waals surface area contributed by atoms with Crippen LogP contribution in [-0.2, 0) is 0 Å². The number of nitrogens with zero attached hydrogens (tertiary/aromatic N) is 1. The largest absolute Gasteiger partial charge is 0.352 e. The van der Waals surface area contributed by atoms with Crippen LogP contribution >= 0.6 is 0 Å². The van der Waals surface area contributed by atoms with Gasteiger partial charge >= 0.3 is 0 Å². The molecule has 30 heavy (non-hydrogen) atoms. The van der Waals surface area contributed by atoms with E-state index in [1.54, 1.807) is 0 Å². The highest BCUT2D eigenvalue weighted by molar-refractivity contribution is 6.03. The maximum absolute atomic E-state index is 13.0. The third kappa shape index (κ3) is 5.44. The maximum Gasteiger partial charge on any atom is 0.277 e. The van der Waals surface area contributed by atoms with E-state index in [4.69, 9.17) is 0 Å². The van der Waals surface area contributed by atoms with E-state index in [0.717, 1.165) is 24.0 Å². The predicted molar refractivity (Wildman–Crippen MR) is 121 cm³/mol. The number of H-pyrrole nitrogens is 1. The highest BCUT2D eigenvalue weighted by Gasteiger charge is 2.22. The van der Waals surface area contributed by atoms with E-state index in [-0.39, 0.29) is 11.5 Å². The molecule has 0 aliphatic rings. The lowest BCUT2D eigenvalue weighted by molar-refractivity contribution is 0.0952.